The summed E-state index contributed by atoms with van der Waals surface area (Å²) in [5.41, 5.74) is 3.59. The molecular formula is C15H17N3O2S. The summed E-state index contributed by atoms with van der Waals surface area (Å²) in [4.78, 5) is 18.3. The van der Waals surface area contributed by atoms with Gasteiger partial charge < -0.3 is 15.0 Å². The fourth-order valence-corrected chi connectivity index (χ4v) is 2.85. The summed E-state index contributed by atoms with van der Waals surface area (Å²) in [6.07, 6.45) is 0. The van der Waals surface area contributed by atoms with Gasteiger partial charge in [0, 0.05) is 37.1 Å². The third kappa shape index (κ3) is 3.40. The predicted molar refractivity (Wildman–Crippen MR) is 82.5 cm³/mol. The lowest BCUT2D eigenvalue weighted by atomic mass is 10.1. The van der Waals surface area contributed by atoms with Crippen molar-refractivity contribution in [2.24, 2.45) is 0 Å². The monoisotopic (exact) mass is 303 g/mol. The highest BCUT2D eigenvalue weighted by molar-refractivity contribution is 7.07. The van der Waals surface area contributed by atoms with E-state index in [-0.39, 0.29) is 12.5 Å². The number of carbonyl (C=O) groups excluding carboxylic acids is 1. The highest BCUT2D eigenvalue weighted by Gasteiger charge is 2.17. The molecule has 0 spiro atoms. The SMILES string of the molecule is O=C(COc1ccccc1-c1cscn1)N1CCNCC1. The Hall–Kier alpha value is -1.92. The Balaban J connectivity index is 1.66. The van der Waals surface area contributed by atoms with Crippen molar-refractivity contribution in [1.29, 1.82) is 0 Å². The number of amides is 1. The first-order valence-electron chi connectivity index (χ1n) is 6.93. The zero-order chi connectivity index (χ0) is 14.5. The highest BCUT2D eigenvalue weighted by Crippen LogP contribution is 2.29. The Morgan fingerprint density at radius 3 is 2.90 bits per heavy atom. The minimum Gasteiger partial charge on any atom is -0.483 e. The molecular weight excluding hydrogens is 286 g/mol. The van der Waals surface area contributed by atoms with Crippen molar-refractivity contribution in [3.8, 4) is 17.0 Å². The molecule has 0 unspecified atom stereocenters. The van der Waals surface area contributed by atoms with Gasteiger partial charge in [-0.3, -0.25) is 4.79 Å². The molecule has 1 aliphatic rings. The third-order valence-corrected chi connectivity index (χ3v) is 4.00. The first-order chi connectivity index (χ1) is 10.3. The molecule has 0 saturated carbocycles. The van der Waals surface area contributed by atoms with E-state index in [4.69, 9.17) is 4.74 Å². The second-order valence-corrected chi connectivity index (χ2v) is 5.51. The van der Waals surface area contributed by atoms with E-state index in [2.05, 4.69) is 10.3 Å². The van der Waals surface area contributed by atoms with Gasteiger partial charge in [0.15, 0.2) is 6.61 Å². The van der Waals surface area contributed by atoms with Gasteiger partial charge in [-0.1, -0.05) is 12.1 Å². The molecule has 2 heterocycles. The smallest absolute Gasteiger partial charge is 0.260 e. The van der Waals surface area contributed by atoms with Crippen LogP contribution in [0, 0.1) is 0 Å². The number of ether oxygens (including phenoxy) is 1. The molecule has 1 aliphatic heterocycles. The molecule has 6 heteroatoms. The Morgan fingerprint density at radius 1 is 1.33 bits per heavy atom. The minimum absolute atomic E-state index is 0.0320. The van der Waals surface area contributed by atoms with Crippen LogP contribution in [0.1, 0.15) is 0 Å². The first-order valence-corrected chi connectivity index (χ1v) is 7.88. The van der Waals surface area contributed by atoms with E-state index < -0.39 is 0 Å². The number of nitrogens with zero attached hydrogens (tertiary/aromatic N) is 2. The number of carbonyl (C=O) groups is 1. The second-order valence-electron chi connectivity index (χ2n) is 4.79. The minimum atomic E-state index is 0.0320. The molecule has 1 aromatic carbocycles. The molecule has 21 heavy (non-hydrogen) atoms. The van der Waals surface area contributed by atoms with Crippen molar-refractivity contribution >= 4 is 17.2 Å². The zero-order valence-corrected chi connectivity index (χ0v) is 12.4. The number of thiazole rings is 1. The Morgan fingerprint density at radius 2 is 2.14 bits per heavy atom. The molecule has 1 aromatic heterocycles. The summed E-state index contributed by atoms with van der Waals surface area (Å²) < 4.78 is 5.73. The lowest BCUT2D eigenvalue weighted by molar-refractivity contribution is -0.133. The molecule has 0 bridgehead atoms. The average molecular weight is 303 g/mol. The molecule has 3 rings (SSSR count). The molecule has 1 amide bonds. The van der Waals surface area contributed by atoms with Crippen LogP contribution in [0.3, 0.4) is 0 Å². The van der Waals surface area contributed by atoms with E-state index in [9.17, 15) is 4.79 Å². The number of aromatic nitrogens is 1. The Kier molecular flexibility index (Phi) is 4.47. The zero-order valence-electron chi connectivity index (χ0n) is 11.6. The van der Waals surface area contributed by atoms with Gasteiger partial charge in [-0.15, -0.1) is 11.3 Å². The lowest BCUT2D eigenvalue weighted by Crippen LogP contribution is -2.47. The van der Waals surface area contributed by atoms with Crippen LogP contribution in [0.4, 0.5) is 0 Å². The number of nitrogens with one attached hydrogen (secondary N) is 1. The van der Waals surface area contributed by atoms with Crippen LogP contribution in [0.15, 0.2) is 35.2 Å². The van der Waals surface area contributed by atoms with Crippen LogP contribution in [-0.2, 0) is 4.79 Å². The number of piperazine rings is 1. The summed E-state index contributed by atoms with van der Waals surface area (Å²) in [5.74, 6) is 0.733. The molecule has 1 N–H and O–H groups in total. The van der Waals surface area contributed by atoms with E-state index in [0.29, 0.717) is 5.75 Å². The van der Waals surface area contributed by atoms with E-state index in [1.165, 1.54) is 0 Å². The maximum Gasteiger partial charge on any atom is 0.260 e. The van der Waals surface area contributed by atoms with Crippen molar-refractivity contribution < 1.29 is 9.53 Å². The number of hydrogen-bond acceptors (Lipinski definition) is 5. The van der Waals surface area contributed by atoms with Crippen LogP contribution < -0.4 is 10.1 Å². The molecule has 110 valence electrons. The van der Waals surface area contributed by atoms with Gasteiger partial charge in [0.2, 0.25) is 0 Å². The van der Waals surface area contributed by atoms with E-state index in [0.717, 1.165) is 37.4 Å². The van der Waals surface area contributed by atoms with Crippen molar-refractivity contribution in [2.45, 2.75) is 0 Å². The van der Waals surface area contributed by atoms with Crippen molar-refractivity contribution in [1.82, 2.24) is 15.2 Å². The van der Waals surface area contributed by atoms with Gasteiger partial charge in [0.25, 0.3) is 5.91 Å². The van der Waals surface area contributed by atoms with Gasteiger partial charge in [0.1, 0.15) is 5.75 Å². The highest BCUT2D eigenvalue weighted by atomic mass is 32.1. The Bertz CT molecular complexity index is 595. The molecule has 0 aliphatic carbocycles. The van der Waals surface area contributed by atoms with Crippen molar-refractivity contribution in [3.63, 3.8) is 0 Å². The van der Waals surface area contributed by atoms with Gasteiger partial charge in [-0.2, -0.15) is 0 Å². The standard InChI is InChI=1S/C15H17N3O2S/c19-15(18-7-5-16-6-8-18)9-20-14-4-2-1-3-12(14)13-10-21-11-17-13/h1-4,10-11,16H,5-9H2. The quantitative estimate of drug-likeness (QED) is 0.932. The van der Waals surface area contributed by atoms with Crippen molar-refractivity contribution in [2.75, 3.05) is 32.8 Å². The number of para-hydroxylation sites is 1. The Labute approximate surface area is 127 Å². The molecule has 2 aromatic rings. The normalized spacial score (nSPS) is 15.0. The van der Waals surface area contributed by atoms with E-state index in [1.54, 1.807) is 16.8 Å². The lowest BCUT2D eigenvalue weighted by Gasteiger charge is -2.27. The van der Waals surface area contributed by atoms with E-state index in [1.807, 2.05) is 34.5 Å². The first kappa shape index (κ1) is 14.0. The van der Waals surface area contributed by atoms with Crippen LogP contribution >= 0.6 is 11.3 Å². The molecule has 1 saturated heterocycles. The van der Waals surface area contributed by atoms with Gasteiger partial charge in [-0.05, 0) is 12.1 Å². The fraction of sp³-hybridized carbons (Fsp3) is 0.333. The van der Waals surface area contributed by atoms with Crippen LogP contribution in [0.2, 0.25) is 0 Å². The van der Waals surface area contributed by atoms with E-state index >= 15 is 0 Å². The largest absolute Gasteiger partial charge is 0.483 e. The number of benzene rings is 1. The van der Waals surface area contributed by atoms with Gasteiger partial charge >= 0.3 is 0 Å². The van der Waals surface area contributed by atoms with Crippen molar-refractivity contribution in [3.05, 3.63) is 35.2 Å². The maximum absolute atomic E-state index is 12.1. The molecule has 0 atom stereocenters. The van der Waals surface area contributed by atoms with Crippen LogP contribution in [-0.4, -0.2) is 48.6 Å². The summed E-state index contributed by atoms with van der Waals surface area (Å²) in [5, 5.41) is 5.20. The van der Waals surface area contributed by atoms with Gasteiger partial charge in [-0.25, -0.2) is 4.98 Å². The number of hydrogen-bond donors (Lipinski definition) is 1. The summed E-state index contributed by atoms with van der Waals surface area (Å²) in [7, 11) is 0. The van der Waals surface area contributed by atoms with Gasteiger partial charge in [0.05, 0.1) is 11.2 Å². The molecule has 0 radical (unpaired) electrons. The third-order valence-electron chi connectivity index (χ3n) is 3.42. The fourth-order valence-electron chi connectivity index (χ4n) is 2.29. The molecule has 1 fully saturated rings. The maximum atomic E-state index is 12.1. The van der Waals surface area contributed by atoms with Crippen LogP contribution in [0.25, 0.3) is 11.3 Å². The van der Waals surface area contributed by atoms with Crippen LogP contribution in [0.5, 0.6) is 5.75 Å². The molecule has 5 nitrogen and oxygen atoms in total. The second kappa shape index (κ2) is 6.69. The summed E-state index contributed by atoms with van der Waals surface area (Å²) in [6.45, 7) is 3.26. The average Bonchev–Trinajstić information content (AvgIpc) is 3.08. The predicted octanol–water partition coefficient (Wildman–Crippen LogP) is 1.62. The summed E-state index contributed by atoms with van der Waals surface area (Å²) >= 11 is 1.54. The summed E-state index contributed by atoms with van der Waals surface area (Å²) in [6, 6.07) is 7.68. The topological polar surface area (TPSA) is 54.5 Å². The number of rotatable bonds is 4.